The van der Waals surface area contributed by atoms with Crippen molar-refractivity contribution in [2.75, 3.05) is 7.05 Å². The average molecular weight is 100 g/mol. The van der Waals surface area contributed by atoms with Crippen LogP contribution in [0.15, 0.2) is 12.7 Å². The van der Waals surface area contributed by atoms with Gasteiger partial charge in [-0.3, -0.25) is 10.9 Å². The monoisotopic (exact) mass is 100 g/mol. The van der Waals surface area contributed by atoms with E-state index in [1.807, 2.05) is 20.0 Å². The van der Waals surface area contributed by atoms with Crippen molar-refractivity contribution in [2.45, 2.75) is 13.0 Å². The largest absolute Gasteiger partial charge is 0.260 e. The third-order valence-corrected chi connectivity index (χ3v) is 0.726. The smallest absolute Gasteiger partial charge is 0.0361 e. The van der Waals surface area contributed by atoms with Gasteiger partial charge in [-0.15, -0.1) is 6.58 Å². The molecule has 0 aromatic carbocycles. The molecular weight excluding hydrogens is 88.1 g/mol. The normalized spacial score (nSPS) is 13.4. The number of nitrogens with one attached hydrogen (secondary N) is 2. The highest BCUT2D eigenvalue weighted by Gasteiger charge is 1.85. The Bertz CT molecular complexity index is 52.0. The Morgan fingerprint density at radius 2 is 2.29 bits per heavy atom. The van der Waals surface area contributed by atoms with E-state index >= 15 is 0 Å². The Kier molecular flexibility index (Phi) is 3.65. The van der Waals surface area contributed by atoms with Crippen molar-refractivity contribution in [1.82, 2.24) is 10.9 Å². The first-order valence-electron chi connectivity index (χ1n) is 2.36. The lowest BCUT2D eigenvalue weighted by molar-refractivity contribution is 0.553. The minimum absolute atomic E-state index is 0.352. The van der Waals surface area contributed by atoms with Gasteiger partial charge in [0, 0.05) is 6.04 Å². The highest BCUT2D eigenvalue weighted by atomic mass is 15.3. The molecule has 0 amide bonds. The molecule has 2 N–H and O–H groups in total. The van der Waals surface area contributed by atoms with E-state index in [9.17, 15) is 0 Å². The Labute approximate surface area is 44.6 Å². The van der Waals surface area contributed by atoms with Crippen molar-refractivity contribution in [3.8, 4) is 0 Å². The van der Waals surface area contributed by atoms with Crippen molar-refractivity contribution < 1.29 is 0 Å². The maximum absolute atomic E-state index is 3.58. The van der Waals surface area contributed by atoms with E-state index in [4.69, 9.17) is 0 Å². The van der Waals surface area contributed by atoms with Crippen LogP contribution in [0.4, 0.5) is 0 Å². The van der Waals surface area contributed by atoms with Crippen molar-refractivity contribution in [3.05, 3.63) is 12.7 Å². The zero-order valence-electron chi connectivity index (χ0n) is 4.86. The first kappa shape index (κ1) is 6.66. The molecule has 1 atom stereocenters. The van der Waals surface area contributed by atoms with Crippen molar-refractivity contribution in [1.29, 1.82) is 0 Å². The molecule has 0 aliphatic heterocycles. The van der Waals surface area contributed by atoms with Crippen LogP contribution in [0.2, 0.25) is 0 Å². The zero-order valence-corrected chi connectivity index (χ0v) is 4.86. The standard InChI is InChI=1S/C5H12N2/c1-4-5(2)7-6-3/h4-7H,1H2,2-3H3. The van der Waals surface area contributed by atoms with Crippen LogP contribution in [0, 0.1) is 0 Å². The highest BCUT2D eigenvalue weighted by molar-refractivity contribution is 4.78. The second-order valence-electron chi connectivity index (χ2n) is 1.42. The summed E-state index contributed by atoms with van der Waals surface area (Å²) in [7, 11) is 1.83. The topological polar surface area (TPSA) is 24.1 Å². The molecule has 0 heterocycles. The van der Waals surface area contributed by atoms with Gasteiger partial charge in [-0.05, 0) is 14.0 Å². The van der Waals surface area contributed by atoms with Crippen LogP contribution in [0.3, 0.4) is 0 Å². The first-order valence-corrected chi connectivity index (χ1v) is 2.36. The summed E-state index contributed by atoms with van der Waals surface area (Å²) < 4.78 is 0. The molecule has 0 spiro atoms. The third kappa shape index (κ3) is 3.49. The quantitative estimate of drug-likeness (QED) is 0.393. The van der Waals surface area contributed by atoms with E-state index in [1.54, 1.807) is 0 Å². The van der Waals surface area contributed by atoms with E-state index in [0.717, 1.165) is 0 Å². The van der Waals surface area contributed by atoms with Gasteiger partial charge in [0.05, 0.1) is 0 Å². The van der Waals surface area contributed by atoms with Gasteiger partial charge >= 0.3 is 0 Å². The predicted molar refractivity (Wildman–Crippen MR) is 31.9 cm³/mol. The maximum atomic E-state index is 3.58. The van der Waals surface area contributed by atoms with Crippen LogP contribution in [0.25, 0.3) is 0 Å². The molecular formula is C5H12N2. The molecule has 1 unspecified atom stereocenters. The highest BCUT2D eigenvalue weighted by Crippen LogP contribution is 1.74. The molecule has 0 aliphatic rings. The molecule has 2 nitrogen and oxygen atoms in total. The Hall–Kier alpha value is -0.340. The van der Waals surface area contributed by atoms with Crippen molar-refractivity contribution in [2.24, 2.45) is 0 Å². The minimum Gasteiger partial charge on any atom is -0.260 e. The van der Waals surface area contributed by atoms with Gasteiger partial charge in [0.1, 0.15) is 0 Å². The molecule has 0 aromatic heterocycles. The molecule has 0 saturated heterocycles. The van der Waals surface area contributed by atoms with Gasteiger partial charge in [-0.2, -0.15) is 0 Å². The van der Waals surface area contributed by atoms with Crippen LogP contribution in [0.5, 0.6) is 0 Å². The van der Waals surface area contributed by atoms with E-state index < -0.39 is 0 Å². The summed E-state index contributed by atoms with van der Waals surface area (Å²) in [4.78, 5) is 0. The van der Waals surface area contributed by atoms with Gasteiger partial charge in [0.15, 0.2) is 0 Å². The number of hydrogen-bond donors (Lipinski definition) is 2. The van der Waals surface area contributed by atoms with Crippen LogP contribution >= 0.6 is 0 Å². The summed E-state index contributed by atoms with van der Waals surface area (Å²) in [5, 5.41) is 0. The third-order valence-electron chi connectivity index (χ3n) is 0.726. The lowest BCUT2D eigenvalue weighted by Gasteiger charge is -2.04. The van der Waals surface area contributed by atoms with Crippen molar-refractivity contribution in [3.63, 3.8) is 0 Å². The molecule has 0 rings (SSSR count). The molecule has 0 bridgehead atoms. The van der Waals surface area contributed by atoms with Gasteiger partial charge in [-0.25, -0.2) is 0 Å². The van der Waals surface area contributed by atoms with Gasteiger partial charge in [0.2, 0.25) is 0 Å². The lowest BCUT2D eigenvalue weighted by atomic mass is 10.4. The summed E-state index contributed by atoms with van der Waals surface area (Å²) in [6.45, 7) is 5.59. The van der Waals surface area contributed by atoms with Gasteiger partial charge < -0.3 is 0 Å². The Morgan fingerprint density at radius 1 is 1.71 bits per heavy atom. The van der Waals surface area contributed by atoms with E-state index in [-0.39, 0.29) is 0 Å². The minimum atomic E-state index is 0.352. The fraction of sp³-hybridized carbons (Fsp3) is 0.600. The fourth-order valence-electron chi connectivity index (χ4n) is 0.287. The number of hydrogen-bond acceptors (Lipinski definition) is 2. The predicted octanol–water partition coefficient (Wildman–Crippen LogP) is 0.285. The second-order valence-corrected chi connectivity index (χ2v) is 1.42. The fourth-order valence-corrected chi connectivity index (χ4v) is 0.287. The summed E-state index contributed by atoms with van der Waals surface area (Å²) >= 11 is 0. The van der Waals surface area contributed by atoms with E-state index in [2.05, 4.69) is 17.4 Å². The summed E-state index contributed by atoms with van der Waals surface area (Å²) in [6.07, 6.45) is 1.83. The summed E-state index contributed by atoms with van der Waals surface area (Å²) in [6, 6.07) is 0.352. The van der Waals surface area contributed by atoms with E-state index in [0.29, 0.717) is 6.04 Å². The molecule has 0 fully saturated rings. The molecule has 0 aliphatic carbocycles. The summed E-state index contributed by atoms with van der Waals surface area (Å²) in [5.74, 6) is 0. The lowest BCUT2D eigenvalue weighted by Crippen LogP contribution is -2.34. The van der Waals surface area contributed by atoms with Crippen molar-refractivity contribution >= 4 is 0 Å². The zero-order chi connectivity index (χ0) is 5.70. The maximum Gasteiger partial charge on any atom is 0.0361 e. The van der Waals surface area contributed by atoms with Crippen LogP contribution in [-0.4, -0.2) is 13.1 Å². The van der Waals surface area contributed by atoms with E-state index in [1.165, 1.54) is 0 Å². The number of rotatable bonds is 3. The molecule has 0 radical (unpaired) electrons. The molecule has 0 saturated carbocycles. The van der Waals surface area contributed by atoms with Crippen LogP contribution in [0.1, 0.15) is 6.92 Å². The van der Waals surface area contributed by atoms with Gasteiger partial charge in [0.25, 0.3) is 0 Å². The first-order chi connectivity index (χ1) is 3.31. The van der Waals surface area contributed by atoms with Crippen LogP contribution in [-0.2, 0) is 0 Å². The van der Waals surface area contributed by atoms with Crippen LogP contribution < -0.4 is 10.9 Å². The second kappa shape index (κ2) is 3.84. The summed E-state index contributed by atoms with van der Waals surface area (Å²) in [5.41, 5.74) is 5.72. The molecule has 0 aromatic rings. The van der Waals surface area contributed by atoms with Gasteiger partial charge in [-0.1, -0.05) is 6.08 Å². The molecule has 42 valence electrons. The molecule has 2 heteroatoms. The SMILES string of the molecule is C=CC(C)NNC. The average Bonchev–Trinajstić information content (AvgIpc) is 1.68. The molecule has 7 heavy (non-hydrogen) atoms. The number of hydrazine groups is 1. The Balaban J connectivity index is 2.98. The Morgan fingerprint density at radius 3 is 2.43 bits per heavy atom.